The number of methoxy groups -OCH3 is 6. The maximum atomic E-state index is 6.40. The highest BCUT2D eigenvalue weighted by molar-refractivity contribution is 8.03. The third kappa shape index (κ3) is 8.25. The smallest absolute Gasteiger partial charge is 0.133 e. The highest BCUT2D eigenvalue weighted by Gasteiger charge is 2.12. The summed E-state index contributed by atoms with van der Waals surface area (Å²) >= 11 is 1.37. The minimum atomic E-state index is 0.587. The fraction of sp³-hybridized carbons (Fsp3) is 0.219. The van der Waals surface area contributed by atoms with Crippen LogP contribution in [-0.4, -0.2) is 47.6 Å². The van der Waals surface area contributed by atoms with E-state index in [-0.39, 0.29) is 0 Å². The van der Waals surface area contributed by atoms with Gasteiger partial charge < -0.3 is 34.2 Å². The summed E-state index contributed by atoms with van der Waals surface area (Å²) < 4.78 is 32.8. The van der Waals surface area contributed by atoms with Crippen molar-refractivity contribution in [3.8, 4) is 34.5 Å². The quantitative estimate of drug-likeness (QED) is 0.173. The molecular weight excluding hydrogens is 540 g/mol. The van der Waals surface area contributed by atoms with E-state index in [2.05, 4.69) is 4.98 Å². The summed E-state index contributed by atoms with van der Waals surface area (Å²) in [6, 6.07) is 11.1. The Morgan fingerprint density at radius 1 is 0.707 bits per heavy atom. The molecule has 1 heterocycles. The number of rotatable bonds is 13. The number of pyridine rings is 1. The molecule has 0 saturated carbocycles. The van der Waals surface area contributed by atoms with Gasteiger partial charge in [0.1, 0.15) is 39.5 Å². The third-order valence-electron chi connectivity index (χ3n) is 6.01. The second-order valence-electron chi connectivity index (χ2n) is 8.42. The Labute approximate surface area is 246 Å². The Morgan fingerprint density at radius 2 is 1.22 bits per heavy atom. The van der Waals surface area contributed by atoms with Crippen LogP contribution in [0.5, 0.6) is 34.5 Å². The van der Waals surface area contributed by atoms with Gasteiger partial charge in [0.05, 0.1) is 58.8 Å². The van der Waals surface area contributed by atoms with Crippen molar-refractivity contribution in [3.05, 3.63) is 88.1 Å². The van der Waals surface area contributed by atoms with Crippen LogP contribution in [0.1, 0.15) is 23.6 Å². The average molecular weight is 577 g/mol. The van der Waals surface area contributed by atoms with Crippen LogP contribution in [0.25, 0.3) is 18.2 Å². The molecule has 0 atom stereocenters. The Kier molecular flexibility index (Phi) is 11.6. The maximum absolute atomic E-state index is 6.40. The van der Waals surface area contributed by atoms with Crippen molar-refractivity contribution in [1.29, 1.82) is 0 Å². The van der Waals surface area contributed by atoms with Crippen LogP contribution in [0.15, 0.2) is 76.5 Å². The van der Waals surface area contributed by atoms with Crippen LogP contribution in [0.4, 0.5) is 0 Å². The van der Waals surface area contributed by atoms with E-state index in [0.717, 1.165) is 27.3 Å². The Balaban J connectivity index is 1.80. The summed E-state index contributed by atoms with van der Waals surface area (Å²) in [6.45, 7) is 1.95. The van der Waals surface area contributed by atoms with E-state index in [1.807, 2.05) is 79.8 Å². The molecule has 0 amide bonds. The molecule has 8 nitrogen and oxygen atoms in total. The number of aromatic nitrogens is 1. The number of nitrogens with zero attached hydrogens (tertiary/aromatic N) is 1. The van der Waals surface area contributed by atoms with E-state index in [4.69, 9.17) is 34.2 Å². The zero-order chi connectivity index (χ0) is 29.8. The van der Waals surface area contributed by atoms with Crippen molar-refractivity contribution in [2.75, 3.05) is 42.7 Å². The molecular formula is C32H36N2O6S. The highest BCUT2D eigenvalue weighted by atomic mass is 32.2. The predicted octanol–water partition coefficient (Wildman–Crippen LogP) is 6.86. The van der Waals surface area contributed by atoms with Gasteiger partial charge in [-0.2, -0.15) is 0 Å². The van der Waals surface area contributed by atoms with Crippen LogP contribution < -0.4 is 34.2 Å². The lowest BCUT2D eigenvalue weighted by atomic mass is 10.1. The largest absolute Gasteiger partial charge is 0.496 e. The predicted molar refractivity (Wildman–Crippen MR) is 166 cm³/mol. The van der Waals surface area contributed by atoms with E-state index in [9.17, 15) is 0 Å². The van der Waals surface area contributed by atoms with Crippen LogP contribution in [0.2, 0.25) is 0 Å². The van der Waals surface area contributed by atoms with E-state index in [1.165, 1.54) is 11.8 Å². The summed E-state index contributed by atoms with van der Waals surface area (Å²) in [5.74, 6) is 3.86. The molecule has 9 heteroatoms. The van der Waals surface area contributed by atoms with E-state index in [1.54, 1.807) is 48.9 Å². The normalized spacial score (nSPS) is 12.1. The highest BCUT2D eigenvalue weighted by Crippen LogP contribution is 2.37. The van der Waals surface area contributed by atoms with Crippen LogP contribution in [0, 0.1) is 0 Å². The Morgan fingerprint density at radius 3 is 1.68 bits per heavy atom. The van der Waals surface area contributed by atoms with Gasteiger partial charge in [0.15, 0.2) is 0 Å². The van der Waals surface area contributed by atoms with Crippen LogP contribution in [0.3, 0.4) is 0 Å². The molecule has 0 spiro atoms. The number of ether oxygens (including phenoxy) is 6. The minimum absolute atomic E-state index is 0.587. The summed E-state index contributed by atoms with van der Waals surface area (Å²) in [5, 5.41) is 1.34. The Bertz CT molecular complexity index is 1410. The first kappa shape index (κ1) is 31.0. The topological polar surface area (TPSA) is 94.3 Å². The molecule has 1 aromatic heterocycles. The first-order valence-electron chi connectivity index (χ1n) is 12.6. The van der Waals surface area contributed by atoms with E-state index < -0.39 is 0 Å². The lowest BCUT2D eigenvalue weighted by molar-refractivity contribution is 0.374. The second kappa shape index (κ2) is 15.3. The van der Waals surface area contributed by atoms with Gasteiger partial charge in [-0.1, -0.05) is 30.0 Å². The summed E-state index contributed by atoms with van der Waals surface area (Å²) in [6.07, 6.45) is 13.4. The van der Waals surface area contributed by atoms with Gasteiger partial charge in [0, 0.05) is 30.5 Å². The van der Waals surface area contributed by atoms with Gasteiger partial charge in [-0.3, -0.25) is 0 Å². The third-order valence-corrected chi connectivity index (χ3v) is 6.80. The molecule has 0 saturated heterocycles. The number of nitrogens with two attached hydrogens (primary N) is 1. The lowest BCUT2D eigenvalue weighted by Gasteiger charge is -2.12. The lowest BCUT2D eigenvalue weighted by Crippen LogP contribution is -1.95. The molecule has 0 unspecified atom stereocenters. The minimum Gasteiger partial charge on any atom is -0.496 e. The van der Waals surface area contributed by atoms with Gasteiger partial charge in [-0.05, 0) is 48.4 Å². The molecule has 0 fully saturated rings. The van der Waals surface area contributed by atoms with Crippen molar-refractivity contribution in [2.24, 2.45) is 5.73 Å². The van der Waals surface area contributed by atoms with Crippen LogP contribution in [-0.2, 0) is 0 Å². The molecule has 0 radical (unpaired) electrons. The molecule has 2 N–H and O–H groups in total. The first-order chi connectivity index (χ1) is 19.9. The second-order valence-corrected chi connectivity index (χ2v) is 9.52. The van der Waals surface area contributed by atoms with E-state index in [0.29, 0.717) is 39.5 Å². The standard InChI is InChI=1S/C32H36N2O6S/c1-8-21(9-11-25-27(37-4)17-23(35-2)18-28(25)38-5)15-31(33)41-32-16-22(13-14-34-32)10-12-26-29(39-6)19-24(36-3)20-30(26)40-7/h8-20H,33H2,1-7H3/b11-9+,12-10+,21-8-,31-15+. The maximum Gasteiger partial charge on any atom is 0.133 e. The van der Waals surface area contributed by atoms with Crippen molar-refractivity contribution in [3.63, 3.8) is 0 Å². The van der Waals surface area contributed by atoms with Crippen molar-refractivity contribution >= 4 is 30.0 Å². The van der Waals surface area contributed by atoms with Gasteiger partial charge in [0.2, 0.25) is 0 Å². The number of benzene rings is 2. The average Bonchev–Trinajstić information content (AvgIpc) is 3.01. The zero-order valence-electron chi connectivity index (χ0n) is 24.4. The summed E-state index contributed by atoms with van der Waals surface area (Å²) in [4.78, 5) is 4.47. The molecule has 0 aliphatic heterocycles. The Hall–Kier alpha value is -4.50. The summed E-state index contributed by atoms with van der Waals surface area (Å²) in [5.41, 5.74) is 9.85. The van der Waals surface area contributed by atoms with Gasteiger partial charge in [0.25, 0.3) is 0 Å². The number of allylic oxidation sites excluding steroid dienone is 4. The zero-order valence-corrected chi connectivity index (χ0v) is 25.2. The monoisotopic (exact) mass is 576 g/mol. The molecule has 0 bridgehead atoms. The van der Waals surface area contributed by atoms with Crippen molar-refractivity contribution < 1.29 is 28.4 Å². The van der Waals surface area contributed by atoms with Gasteiger partial charge in [-0.25, -0.2) is 4.98 Å². The molecule has 2 aromatic carbocycles. The SMILES string of the molecule is C/C=C(/C=C/c1c(OC)cc(OC)cc1OC)\C=C(/N)Sc1cc(/C=C/c2c(OC)cc(OC)cc2OC)ccn1. The first-order valence-corrected chi connectivity index (χ1v) is 13.4. The number of hydrogen-bond acceptors (Lipinski definition) is 9. The number of thioether (sulfide) groups is 1. The number of hydrogen-bond donors (Lipinski definition) is 1. The molecule has 0 aliphatic rings. The molecule has 3 rings (SSSR count). The molecule has 41 heavy (non-hydrogen) atoms. The fourth-order valence-electron chi connectivity index (χ4n) is 3.88. The molecule has 3 aromatic rings. The van der Waals surface area contributed by atoms with Crippen molar-refractivity contribution in [1.82, 2.24) is 4.98 Å². The summed E-state index contributed by atoms with van der Waals surface area (Å²) in [7, 11) is 9.64. The van der Waals surface area contributed by atoms with Gasteiger partial charge >= 0.3 is 0 Å². The van der Waals surface area contributed by atoms with Crippen LogP contribution >= 0.6 is 11.8 Å². The molecule has 216 valence electrons. The van der Waals surface area contributed by atoms with Crippen molar-refractivity contribution in [2.45, 2.75) is 11.9 Å². The van der Waals surface area contributed by atoms with Gasteiger partial charge in [-0.15, -0.1) is 0 Å². The fourth-order valence-corrected chi connectivity index (χ4v) is 4.62. The van der Waals surface area contributed by atoms with E-state index >= 15 is 0 Å². The molecule has 0 aliphatic carbocycles.